The summed E-state index contributed by atoms with van der Waals surface area (Å²) in [7, 11) is 0. The molecule has 1 amide bonds. The third-order valence-corrected chi connectivity index (χ3v) is 3.80. The van der Waals surface area contributed by atoms with Crippen molar-refractivity contribution in [2.75, 3.05) is 6.54 Å². The first kappa shape index (κ1) is 13.4. The van der Waals surface area contributed by atoms with E-state index in [9.17, 15) is 4.79 Å². The Morgan fingerprint density at radius 1 is 1.56 bits per heavy atom. The molecule has 2 atom stereocenters. The van der Waals surface area contributed by atoms with Crippen LogP contribution < -0.4 is 10.6 Å². The number of carbonyl (C=O) groups excluding carboxylic acids is 1. The Labute approximate surface area is 113 Å². The molecule has 4 heteroatoms. The highest BCUT2D eigenvalue weighted by Crippen LogP contribution is 2.22. The number of hydrogen-bond acceptors (Lipinski definition) is 2. The van der Waals surface area contributed by atoms with Crippen molar-refractivity contribution in [2.45, 2.75) is 38.3 Å². The number of rotatable bonds is 3. The first-order valence-corrected chi connectivity index (χ1v) is 6.70. The van der Waals surface area contributed by atoms with Gasteiger partial charge in [-0.15, -0.1) is 0 Å². The van der Waals surface area contributed by atoms with Gasteiger partial charge in [0.1, 0.15) is 0 Å². The van der Waals surface area contributed by atoms with E-state index in [1.807, 2.05) is 38.1 Å². The molecule has 1 heterocycles. The standard InChI is InChI=1S/C14H19ClN2O/c1-10(11-5-3-6-12(15)9-11)17-13(18)14(2)7-4-8-16-14/h3,5-6,9-10,16H,4,7-8H2,1-2H3,(H,17,18)/t10-,14?/m1/s1. The Bertz CT molecular complexity index is 441. The van der Waals surface area contributed by atoms with Crippen molar-refractivity contribution in [1.82, 2.24) is 10.6 Å². The molecular weight excluding hydrogens is 248 g/mol. The van der Waals surface area contributed by atoms with Gasteiger partial charge in [0.25, 0.3) is 0 Å². The molecule has 1 aliphatic rings. The summed E-state index contributed by atoms with van der Waals surface area (Å²) >= 11 is 5.95. The molecule has 0 spiro atoms. The topological polar surface area (TPSA) is 41.1 Å². The highest BCUT2D eigenvalue weighted by molar-refractivity contribution is 6.30. The van der Waals surface area contributed by atoms with E-state index in [0.717, 1.165) is 24.9 Å². The van der Waals surface area contributed by atoms with Crippen LogP contribution in [0.25, 0.3) is 0 Å². The SMILES string of the molecule is C[C@@H](NC(=O)C1(C)CCCN1)c1cccc(Cl)c1. The van der Waals surface area contributed by atoms with E-state index in [1.54, 1.807) is 0 Å². The molecule has 0 aliphatic carbocycles. The molecule has 1 saturated heterocycles. The van der Waals surface area contributed by atoms with E-state index in [0.29, 0.717) is 5.02 Å². The number of carbonyl (C=O) groups is 1. The van der Waals surface area contributed by atoms with Crippen molar-refractivity contribution in [3.63, 3.8) is 0 Å². The zero-order valence-electron chi connectivity index (χ0n) is 10.8. The predicted molar refractivity (Wildman–Crippen MR) is 73.7 cm³/mol. The Morgan fingerprint density at radius 3 is 2.94 bits per heavy atom. The van der Waals surface area contributed by atoms with Crippen molar-refractivity contribution >= 4 is 17.5 Å². The van der Waals surface area contributed by atoms with E-state index in [4.69, 9.17) is 11.6 Å². The average Bonchev–Trinajstić information content (AvgIpc) is 2.77. The fourth-order valence-corrected chi connectivity index (χ4v) is 2.50. The van der Waals surface area contributed by atoms with Crippen LogP contribution in [0, 0.1) is 0 Å². The molecule has 1 unspecified atom stereocenters. The molecule has 0 bridgehead atoms. The van der Waals surface area contributed by atoms with Gasteiger partial charge in [-0.1, -0.05) is 23.7 Å². The third-order valence-electron chi connectivity index (χ3n) is 3.57. The van der Waals surface area contributed by atoms with Crippen molar-refractivity contribution in [1.29, 1.82) is 0 Å². The second-order valence-electron chi connectivity index (χ2n) is 5.11. The van der Waals surface area contributed by atoms with Gasteiger partial charge >= 0.3 is 0 Å². The maximum absolute atomic E-state index is 12.2. The Hall–Kier alpha value is -1.06. The molecule has 1 aromatic rings. The van der Waals surface area contributed by atoms with Gasteiger partial charge in [-0.2, -0.15) is 0 Å². The van der Waals surface area contributed by atoms with Gasteiger partial charge in [0.15, 0.2) is 0 Å². The van der Waals surface area contributed by atoms with Crippen LogP contribution in [0.2, 0.25) is 5.02 Å². The minimum absolute atomic E-state index is 0.0320. The van der Waals surface area contributed by atoms with Gasteiger partial charge in [0.2, 0.25) is 5.91 Å². The highest BCUT2D eigenvalue weighted by atomic mass is 35.5. The second kappa shape index (κ2) is 5.29. The van der Waals surface area contributed by atoms with E-state index < -0.39 is 5.54 Å². The number of hydrogen-bond donors (Lipinski definition) is 2. The molecule has 18 heavy (non-hydrogen) atoms. The molecule has 0 aromatic heterocycles. The molecule has 1 fully saturated rings. The lowest BCUT2D eigenvalue weighted by atomic mass is 9.98. The van der Waals surface area contributed by atoms with E-state index >= 15 is 0 Å². The van der Waals surface area contributed by atoms with Crippen LogP contribution >= 0.6 is 11.6 Å². The van der Waals surface area contributed by atoms with Crippen LogP contribution in [-0.4, -0.2) is 18.0 Å². The monoisotopic (exact) mass is 266 g/mol. The molecule has 98 valence electrons. The van der Waals surface area contributed by atoms with E-state index in [1.165, 1.54) is 0 Å². The van der Waals surface area contributed by atoms with Gasteiger partial charge in [-0.05, 0) is 50.9 Å². The summed E-state index contributed by atoms with van der Waals surface area (Å²) in [6.45, 7) is 4.84. The molecular formula is C14H19ClN2O. The van der Waals surface area contributed by atoms with Gasteiger partial charge in [-0.25, -0.2) is 0 Å². The average molecular weight is 267 g/mol. The molecule has 2 N–H and O–H groups in total. The van der Waals surface area contributed by atoms with Crippen LogP contribution in [0.3, 0.4) is 0 Å². The smallest absolute Gasteiger partial charge is 0.240 e. The lowest BCUT2D eigenvalue weighted by molar-refractivity contribution is -0.127. The molecule has 1 aliphatic heterocycles. The van der Waals surface area contributed by atoms with Crippen LogP contribution in [0.5, 0.6) is 0 Å². The van der Waals surface area contributed by atoms with Crippen molar-refractivity contribution < 1.29 is 4.79 Å². The molecule has 0 radical (unpaired) electrons. The molecule has 3 nitrogen and oxygen atoms in total. The third kappa shape index (κ3) is 2.85. The fourth-order valence-electron chi connectivity index (χ4n) is 2.30. The summed E-state index contributed by atoms with van der Waals surface area (Å²) in [6, 6.07) is 7.56. The summed E-state index contributed by atoms with van der Waals surface area (Å²) < 4.78 is 0. The largest absolute Gasteiger partial charge is 0.348 e. The van der Waals surface area contributed by atoms with Gasteiger partial charge in [0.05, 0.1) is 11.6 Å². The Kier molecular flexibility index (Phi) is 3.93. The van der Waals surface area contributed by atoms with Crippen LogP contribution in [0.4, 0.5) is 0 Å². The maximum atomic E-state index is 12.2. The Balaban J connectivity index is 2.03. The minimum atomic E-state index is -0.424. The highest BCUT2D eigenvalue weighted by Gasteiger charge is 2.36. The van der Waals surface area contributed by atoms with E-state index in [-0.39, 0.29) is 11.9 Å². The van der Waals surface area contributed by atoms with Crippen molar-refractivity contribution in [3.05, 3.63) is 34.9 Å². The molecule has 2 rings (SSSR count). The zero-order chi connectivity index (χ0) is 13.2. The van der Waals surface area contributed by atoms with Gasteiger partial charge < -0.3 is 10.6 Å². The first-order valence-electron chi connectivity index (χ1n) is 6.33. The number of amides is 1. The fraction of sp³-hybridized carbons (Fsp3) is 0.500. The van der Waals surface area contributed by atoms with Gasteiger partial charge in [-0.3, -0.25) is 4.79 Å². The van der Waals surface area contributed by atoms with Crippen LogP contribution in [0.1, 0.15) is 38.3 Å². The van der Waals surface area contributed by atoms with Crippen LogP contribution in [0.15, 0.2) is 24.3 Å². The minimum Gasteiger partial charge on any atom is -0.348 e. The summed E-state index contributed by atoms with van der Waals surface area (Å²) in [5.41, 5.74) is 0.602. The van der Waals surface area contributed by atoms with Crippen molar-refractivity contribution in [2.24, 2.45) is 0 Å². The quantitative estimate of drug-likeness (QED) is 0.883. The van der Waals surface area contributed by atoms with E-state index in [2.05, 4.69) is 10.6 Å². The maximum Gasteiger partial charge on any atom is 0.240 e. The lowest BCUT2D eigenvalue weighted by Crippen LogP contribution is -2.51. The summed E-state index contributed by atoms with van der Waals surface area (Å²) in [5, 5.41) is 7.00. The second-order valence-corrected chi connectivity index (χ2v) is 5.55. The first-order chi connectivity index (χ1) is 8.51. The zero-order valence-corrected chi connectivity index (χ0v) is 11.6. The number of nitrogens with one attached hydrogen (secondary N) is 2. The van der Waals surface area contributed by atoms with Gasteiger partial charge in [0, 0.05) is 5.02 Å². The normalized spacial score (nSPS) is 24.8. The predicted octanol–water partition coefficient (Wildman–Crippen LogP) is 2.66. The molecule has 0 saturated carbocycles. The number of halogens is 1. The summed E-state index contributed by atoms with van der Waals surface area (Å²) in [6.07, 6.45) is 1.94. The van der Waals surface area contributed by atoms with Crippen molar-refractivity contribution in [3.8, 4) is 0 Å². The number of benzene rings is 1. The Morgan fingerprint density at radius 2 is 2.33 bits per heavy atom. The lowest BCUT2D eigenvalue weighted by Gasteiger charge is -2.26. The summed E-state index contributed by atoms with van der Waals surface area (Å²) in [4.78, 5) is 12.2. The van der Waals surface area contributed by atoms with Crippen LogP contribution in [-0.2, 0) is 4.79 Å². The molecule has 1 aromatic carbocycles. The summed E-state index contributed by atoms with van der Waals surface area (Å²) in [5.74, 6) is 0.0625.